The number of benzene rings is 1. The number of carbonyl (C=O) groups is 1. The van der Waals surface area contributed by atoms with Crippen LogP contribution in [0.3, 0.4) is 0 Å². The van der Waals surface area contributed by atoms with Crippen molar-refractivity contribution in [1.29, 1.82) is 0 Å². The number of carbonyl (C=O) groups excluding carboxylic acids is 1. The Balaban J connectivity index is 2.44. The maximum absolute atomic E-state index is 13.7. The predicted molar refractivity (Wildman–Crippen MR) is 87.7 cm³/mol. The number of imidazole rings is 1. The van der Waals surface area contributed by atoms with Crippen LogP contribution in [0, 0.1) is 14.2 Å². The first-order valence-electron chi connectivity index (χ1n) is 6.33. The lowest BCUT2D eigenvalue weighted by Gasteiger charge is -2.19. The zero-order valence-corrected chi connectivity index (χ0v) is 14.2. The highest BCUT2D eigenvalue weighted by Gasteiger charge is 2.14. The Hall–Kier alpha value is -0.960. The topological polar surface area (TPSA) is 41.0 Å². The average molecular weight is 407 g/mol. The highest BCUT2D eigenvalue weighted by molar-refractivity contribution is 14.1. The van der Waals surface area contributed by atoms with E-state index in [1.54, 1.807) is 15.5 Å². The van der Waals surface area contributed by atoms with Gasteiger partial charge in [-0.05, 0) is 54.7 Å². The summed E-state index contributed by atoms with van der Waals surface area (Å²) in [5.41, 5.74) is 1.36. The molecule has 0 atom stereocenters. The highest BCUT2D eigenvalue weighted by atomic mass is 127. The van der Waals surface area contributed by atoms with E-state index < -0.39 is 0 Å². The van der Waals surface area contributed by atoms with Gasteiger partial charge in [-0.25, -0.2) is 4.39 Å². The summed E-state index contributed by atoms with van der Waals surface area (Å²) in [5, 5.41) is 0. The fraction of sp³-hybridized carbons (Fsp3) is 0.385. The van der Waals surface area contributed by atoms with Crippen LogP contribution in [0.5, 0.6) is 0 Å². The lowest BCUT2D eigenvalue weighted by Crippen LogP contribution is -2.33. The molecule has 0 aliphatic heterocycles. The van der Waals surface area contributed by atoms with E-state index in [1.165, 1.54) is 6.07 Å². The van der Waals surface area contributed by atoms with Crippen LogP contribution in [0.4, 0.5) is 4.39 Å². The van der Waals surface area contributed by atoms with Crippen molar-refractivity contribution in [1.82, 2.24) is 14.5 Å². The molecule has 108 valence electrons. The van der Waals surface area contributed by atoms with Gasteiger partial charge < -0.3 is 14.5 Å². The summed E-state index contributed by atoms with van der Waals surface area (Å²) in [7, 11) is 0. The lowest BCUT2D eigenvalue weighted by atomic mass is 10.3. The van der Waals surface area contributed by atoms with Crippen LogP contribution in [0.25, 0.3) is 11.0 Å². The van der Waals surface area contributed by atoms with Crippen LogP contribution in [0.15, 0.2) is 12.1 Å². The molecular weight excluding hydrogens is 392 g/mol. The Morgan fingerprint density at radius 1 is 1.45 bits per heavy atom. The minimum absolute atomic E-state index is 0.0223. The number of hydrogen-bond acceptors (Lipinski definition) is 2. The molecule has 0 bridgehead atoms. The smallest absolute Gasteiger partial charge is 0.242 e. The van der Waals surface area contributed by atoms with Crippen molar-refractivity contribution < 1.29 is 9.18 Å². The number of aromatic amines is 1. The summed E-state index contributed by atoms with van der Waals surface area (Å²) in [6.07, 6.45) is 0. The molecule has 0 aliphatic carbocycles. The summed E-state index contributed by atoms with van der Waals surface area (Å²) < 4.78 is 16.3. The van der Waals surface area contributed by atoms with Gasteiger partial charge in [0.25, 0.3) is 0 Å². The maximum Gasteiger partial charge on any atom is 0.242 e. The van der Waals surface area contributed by atoms with Crippen LogP contribution < -0.4 is 0 Å². The van der Waals surface area contributed by atoms with Gasteiger partial charge in [-0.1, -0.05) is 0 Å². The average Bonchev–Trinajstić information content (AvgIpc) is 2.68. The molecule has 0 radical (unpaired) electrons. The third-order valence-electron chi connectivity index (χ3n) is 3.23. The number of likely N-dealkylation sites (N-methyl/N-ethyl adjacent to an activating group) is 1. The van der Waals surface area contributed by atoms with E-state index in [2.05, 4.69) is 4.98 Å². The number of amides is 1. The molecule has 0 saturated heterocycles. The van der Waals surface area contributed by atoms with Crippen LogP contribution >= 0.6 is 34.8 Å². The largest absolute Gasteiger partial charge is 0.342 e. The van der Waals surface area contributed by atoms with E-state index >= 15 is 0 Å². The molecular formula is C13H15FIN3OS. The number of hydrogen-bond donors (Lipinski definition) is 1. The molecule has 0 spiro atoms. The van der Waals surface area contributed by atoms with Crippen LogP contribution in [-0.4, -0.2) is 33.4 Å². The first-order valence-corrected chi connectivity index (χ1v) is 7.82. The first-order chi connectivity index (χ1) is 9.47. The molecule has 0 saturated carbocycles. The van der Waals surface area contributed by atoms with Crippen molar-refractivity contribution in [3.8, 4) is 0 Å². The van der Waals surface area contributed by atoms with Crippen molar-refractivity contribution in [2.45, 2.75) is 20.4 Å². The van der Waals surface area contributed by atoms with Crippen molar-refractivity contribution in [3.05, 3.63) is 26.3 Å². The van der Waals surface area contributed by atoms with Gasteiger partial charge in [-0.15, -0.1) is 0 Å². The van der Waals surface area contributed by atoms with E-state index in [4.69, 9.17) is 12.2 Å². The Bertz CT molecular complexity index is 705. The lowest BCUT2D eigenvalue weighted by molar-refractivity contribution is -0.131. The molecule has 1 N–H and O–H groups in total. The molecule has 4 nitrogen and oxygen atoms in total. The SMILES string of the molecule is CCN(CC)C(=O)Cn1c(=S)[nH]c2cc(I)c(F)cc21. The predicted octanol–water partition coefficient (Wildman–Crippen LogP) is 3.31. The standard InChI is InChI=1S/C13H15FIN3OS/c1-3-17(4-2)12(19)7-18-11-5-8(14)9(15)6-10(11)16-13(18)20/h5-6H,3-4,7H2,1-2H3,(H,16,20). The summed E-state index contributed by atoms with van der Waals surface area (Å²) in [6, 6.07) is 3.11. The molecule has 2 aromatic rings. The van der Waals surface area contributed by atoms with Crippen molar-refractivity contribution >= 4 is 51.7 Å². The third kappa shape index (κ3) is 2.88. The van der Waals surface area contributed by atoms with Gasteiger partial charge in [0.15, 0.2) is 4.77 Å². The van der Waals surface area contributed by atoms with E-state index in [-0.39, 0.29) is 18.3 Å². The Morgan fingerprint density at radius 3 is 2.70 bits per heavy atom. The van der Waals surface area contributed by atoms with Gasteiger partial charge >= 0.3 is 0 Å². The van der Waals surface area contributed by atoms with E-state index in [1.807, 2.05) is 36.4 Å². The highest BCUT2D eigenvalue weighted by Crippen LogP contribution is 2.20. The molecule has 0 unspecified atom stereocenters. The van der Waals surface area contributed by atoms with Crippen molar-refractivity contribution in [2.75, 3.05) is 13.1 Å². The van der Waals surface area contributed by atoms with Crippen LogP contribution in [0.1, 0.15) is 13.8 Å². The van der Waals surface area contributed by atoms with Gasteiger partial charge in [-0.2, -0.15) is 0 Å². The summed E-state index contributed by atoms with van der Waals surface area (Å²) in [5.74, 6) is -0.331. The summed E-state index contributed by atoms with van der Waals surface area (Å²) in [6.45, 7) is 5.28. The Morgan fingerprint density at radius 2 is 2.10 bits per heavy atom. The normalized spacial score (nSPS) is 11.0. The summed E-state index contributed by atoms with van der Waals surface area (Å²) in [4.78, 5) is 16.9. The third-order valence-corrected chi connectivity index (χ3v) is 4.37. The van der Waals surface area contributed by atoms with E-state index in [0.717, 1.165) is 5.52 Å². The zero-order chi connectivity index (χ0) is 14.9. The molecule has 20 heavy (non-hydrogen) atoms. The fourth-order valence-corrected chi connectivity index (χ4v) is 2.86. The summed E-state index contributed by atoms with van der Waals surface area (Å²) >= 11 is 7.16. The second-order valence-corrected chi connectivity index (χ2v) is 5.91. The molecule has 0 aliphatic rings. The first kappa shape index (κ1) is 15.4. The minimum Gasteiger partial charge on any atom is -0.342 e. The monoisotopic (exact) mass is 407 g/mol. The molecule has 1 aromatic heterocycles. The van der Waals surface area contributed by atoms with Crippen LogP contribution in [0.2, 0.25) is 0 Å². The molecule has 0 fully saturated rings. The number of nitrogens with one attached hydrogen (secondary N) is 1. The minimum atomic E-state index is -0.309. The Labute approximate surface area is 135 Å². The zero-order valence-electron chi connectivity index (χ0n) is 11.2. The quantitative estimate of drug-likeness (QED) is 0.624. The number of nitrogens with zero attached hydrogens (tertiary/aromatic N) is 2. The molecule has 7 heteroatoms. The van der Waals surface area contributed by atoms with Crippen LogP contribution in [-0.2, 0) is 11.3 Å². The van der Waals surface area contributed by atoms with Gasteiger partial charge in [0.2, 0.25) is 5.91 Å². The molecule has 1 aromatic carbocycles. The van der Waals surface area contributed by atoms with Gasteiger partial charge in [0, 0.05) is 19.2 Å². The number of fused-ring (bicyclic) bond motifs is 1. The maximum atomic E-state index is 13.7. The van der Waals surface area contributed by atoms with E-state index in [0.29, 0.717) is 26.9 Å². The van der Waals surface area contributed by atoms with Crippen molar-refractivity contribution in [3.63, 3.8) is 0 Å². The molecule has 1 heterocycles. The number of aromatic nitrogens is 2. The number of halogens is 2. The second kappa shape index (κ2) is 6.21. The van der Waals surface area contributed by atoms with Gasteiger partial charge in [0.1, 0.15) is 12.4 Å². The van der Waals surface area contributed by atoms with Gasteiger partial charge in [0.05, 0.1) is 14.6 Å². The number of H-pyrrole nitrogens is 1. The second-order valence-electron chi connectivity index (χ2n) is 4.37. The van der Waals surface area contributed by atoms with Gasteiger partial charge in [-0.3, -0.25) is 4.79 Å². The fourth-order valence-electron chi connectivity index (χ4n) is 2.12. The van der Waals surface area contributed by atoms with E-state index in [9.17, 15) is 9.18 Å². The molecule has 2 rings (SSSR count). The molecule has 1 amide bonds. The Kier molecular flexibility index (Phi) is 4.79. The van der Waals surface area contributed by atoms with Crippen molar-refractivity contribution in [2.24, 2.45) is 0 Å². The number of rotatable bonds is 4.